The van der Waals surface area contributed by atoms with E-state index in [4.69, 9.17) is 4.42 Å². The van der Waals surface area contributed by atoms with Crippen LogP contribution < -0.4 is 0 Å². The van der Waals surface area contributed by atoms with Gasteiger partial charge >= 0.3 is 0 Å². The molecule has 0 N–H and O–H groups in total. The molecule has 0 aliphatic carbocycles. The van der Waals surface area contributed by atoms with Gasteiger partial charge in [0.25, 0.3) is 0 Å². The van der Waals surface area contributed by atoms with E-state index < -0.39 is 0 Å². The molecule has 0 unspecified atom stereocenters. The normalized spacial score (nSPS) is 9.80. The molecule has 10 heavy (non-hydrogen) atoms. The van der Waals surface area contributed by atoms with Crippen LogP contribution in [0, 0.1) is 0 Å². The molecule has 1 aromatic rings. The first-order valence-electron chi connectivity index (χ1n) is 2.73. The predicted molar refractivity (Wildman–Crippen MR) is 49.2 cm³/mol. The lowest BCUT2D eigenvalue weighted by atomic mass is 10.3. The zero-order valence-electron chi connectivity index (χ0n) is 5.23. The second-order valence-corrected chi connectivity index (χ2v) is 3.18. The fraction of sp³-hybridized carbons (Fsp3) is 0.143. The number of allylic oxidation sites excluding steroid dienone is 1. The summed E-state index contributed by atoms with van der Waals surface area (Å²) in [5.74, 6) is 0.823. The molecular weight excluding hydrogens is 260 g/mol. The molecule has 0 bridgehead atoms. The molecule has 1 heterocycles. The molecule has 0 fully saturated rings. The smallest absolute Gasteiger partial charge is 0.169 e. The van der Waals surface area contributed by atoms with Gasteiger partial charge in [0, 0.05) is 5.33 Å². The van der Waals surface area contributed by atoms with Gasteiger partial charge in [0.05, 0.1) is 0 Å². The van der Waals surface area contributed by atoms with Gasteiger partial charge in [-0.25, -0.2) is 0 Å². The van der Waals surface area contributed by atoms with Crippen molar-refractivity contribution in [3.05, 3.63) is 29.1 Å². The third-order valence-electron chi connectivity index (χ3n) is 1.08. The van der Waals surface area contributed by atoms with Crippen molar-refractivity contribution in [1.29, 1.82) is 0 Å². The molecule has 1 aromatic heterocycles. The average Bonchev–Trinajstić information content (AvgIpc) is 2.34. The molecule has 0 aliphatic rings. The van der Waals surface area contributed by atoms with E-state index in [0.717, 1.165) is 21.3 Å². The molecule has 0 aromatic carbocycles. The van der Waals surface area contributed by atoms with Crippen LogP contribution in [0.25, 0.3) is 5.57 Å². The summed E-state index contributed by atoms with van der Waals surface area (Å²) in [7, 11) is 0. The molecule has 0 aliphatic heterocycles. The predicted octanol–water partition coefficient (Wildman–Crippen LogP) is 3.45. The standard InChI is InChI=1S/C7H6Br2O/c1-5(4-8)6-2-3-7(9)10-6/h2-3H,1,4H2. The van der Waals surface area contributed by atoms with Crippen molar-refractivity contribution in [2.75, 3.05) is 5.33 Å². The minimum Gasteiger partial charge on any atom is -0.450 e. The summed E-state index contributed by atoms with van der Waals surface area (Å²) in [5, 5.41) is 0.743. The lowest BCUT2D eigenvalue weighted by Crippen LogP contribution is -1.76. The Bertz CT molecular complexity index is 240. The molecule has 0 spiro atoms. The Kier molecular flexibility index (Phi) is 2.74. The molecule has 3 heteroatoms. The maximum atomic E-state index is 5.22. The zero-order chi connectivity index (χ0) is 7.56. The van der Waals surface area contributed by atoms with Crippen LogP contribution in [0.15, 0.2) is 27.8 Å². The monoisotopic (exact) mass is 264 g/mol. The molecule has 0 saturated heterocycles. The Balaban J connectivity index is 2.85. The summed E-state index contributed by atoms with van der Waals surface area (Å²) in [5.41, 5.74) is 0.950. The topological polar surface area (TPSA) is 13.1 Å². The minimum atomic E-state index is 0.740. The van der Waals surface area contributed by atoms with Crippen LogP contribution in [-0.4, -0.2) is 5.33 Å². The molecule has 0 radical (unpaired) electrons. The lowest BCUT2D eigenvalue weighted by molar-refractivity contribution is 0.528. The van der Waals surface area contributed by atoms with Crippen LogP contribution in [-0.2, 0) is 0 Å². The van der Waals surface area contributed by atoms with Crippen molar-refractivity contribution < 1.29 is 4.42 Å². The number of hydrogen-bond donors (Lipinski definition) is 0. The van der Waals surface area contributed by atoms with Gasteiger partial charge < -0.3 is 4.42 Å². The summed E-state index contributed by atoms with van der Waals surface area (Å²) in [6.45, 7) is 3.80. The quantitative estimate of drug-likeness (QED) is 0.747. The zero-order valence-corrected chi connectivity index (χ0v) is 8.41. The van der Waals surface area contributed by atoms with Crippen molar-refractivity contribution in [3.8, 4) is 0 Å². The summed E-state index contributed by atoms with van der Waals surface area (Å²) in [6.07, 6.45) is 0. The lowest BCUT2D eigenvalue weighted by Gasteiger charge is -1.92. The van der Waals surface area contributed by atoms with Crippen molar-refractivity contribution in [1.82, 2.24) is 0 Å². The van der Waals surface area contributed by atoms with Crippen molar-refractivity contribution in [2.45, 2.75) is 0 Å². The summed E-state index contributed by atoms with van der Waals surface area (Å²) in [4.78, 5) is 0. The SMILES string of the molecule is C=C(CBr)c1ccc(Br)o1. The Morgan fingerprint density at radius 2 is 2.30 bits per heavy atom. The first-order valence-corrected chi connectivity index (χ1v) is 4.65. The van der Waals surface area contributed by atoms with Crippen molar-refractivity contribution in [2.24, 2.45) is 0 Å². The number of alkyl halides is 1. The van der Waals surface area contributed by atoms with Gasteiger partial charge in [-0.15, -0.1) is 0 Å². The van der Waals surface area contributed by atoms with Gasteiger partial charge in [-0.1, -0.05) is 22.5 Å². The fourth-order valence-corrected chi connectivity index (χ4v) is 1.15. The number of furan rings is 1. The second kappa shape index (κ2) is 3.39. The van der Waals surface area contributed by atoms with E-state index in [0.29, 0.717) is 0 Å². The van der Waals surface area contributed by atoms with Gasteiger partial charge in [0.2, 0.25) is 0 Å². The third kappa shape index (κ3) is 1.73. The van der Waals surface area contributed by atoms with E-state index in [1.54, 1.807) is 0 Å². The highest BCUT2D eigenvalue weighted by molar-refractivity contribution is 9.10. The van der Waals surface area contributed by atoms with Gasteiger partial charge in [-0.05, 0) is 33.6 Å². The first kappa shape index (κ1) is 8.08. The molecule has 0 saturated carbocycles. The van der Waals surface area contributed by atoms with E-state index in [2.05, 4.69) is 38.4 Å². The minimum absolute atomic E-state index is 0.740. The number of halogens is 2. The van der Waals surface area contributed by atoms with E-state index in [9.17, 15) is 0 Å². The highest BCUT2D eigenvalue weighted by Crippen LogP contribution is 2.20. The molecule has 0 atom stereocenters. The molecule has 1 nitrogen and oxygen atoms in total. The Morgan fingerprint density at radius 3 is 2.70 bits per heavy atom. The molecular formula is C7H6Br2O. The van der Waals surface area contributed by atoms with Gasteiger partial charge in [0.15, 0.2) is 4.67 Å². The molecule has 0 amide bonds. The third-order valence-corrected chi connectivity index (χ3v) is 2.19. The van der Waals surface area contributed by atoms with Crippen LogP contribution in [0.3, 0.4) is 0 Å². The summed E-state index contributed by atoms with van der Waals surface area (Å²) < 4.78 is 5.96. The van der Waals surface area contributed by atoms with Crippen molar-refractivity contribution in [3.63, 3.8) is 0 Å². The van der Waals surface area contributed by atoms with Gasteiger partial charge in [-0.3, -0.25) is 0 Å². The van der Waals surface area contributed by atoms with E-state index in [-0.39, 0.29) is 0 Å². The van der Waals surface area contributed by atoms with Crippen LogP contribution in [0.2, 0.25) is 0 Å². The first-order chi connectivity index (χ1) is 4.74. The largest absolute Gasteiger partial charge is 0.450 e. The van der Waals surface area contributed by atoms with Gasteiger partial charge in [0.1, 0.15) is 5.76 Å². The number of hydrogen-bond acceptors (Lipinski definition) is 1. The van der Waals surface area contributed by atoms with E-state index in [1.807, 2.05) is 12.1 Å². The highest BCUT2D eigenvalue weighted by atomic mass is 79.9. The Morgan fingerprint density at radius 1 is 1.60 bits per heavy atom. The summed E-state index contributed by atoms with van der Waals surface area (Å²) in [6, 6.07) is 3.73. The Hall–Kier alpha value is -0.0200. The van der Waals surface area contributed by atoms with Crippen LogP contribution in [0.5, 0.6) is 0 Å². The van der Waals surface area contributed by atoms with Gasteiger partial charge in [-0.2, -0.15) is 0 Å². The van der Waals surface area contributed by atoms with E-state index >= 15 is 0 Å². The fourth-order valence-electron chi connectivity index (χ4n) is 0.570. The maximum absolute atomic E-state index is 5.22. The Labute approximate surface area is 76.4 Å². The highest BCUT2D eigenvalue weighted by Gasteiger charge is 2.01. The number of rotatable bonds is 2. The maximum Gasteiger partial charge on any atom is 0.169 e. The van der Waals surface area contributed by atoms with Crippen LogP contribution >= 0.6 is 31.9 Å². The van der Waals surface area contributed by atoms with Crippen molar-refractivity contribution >= 4 is 37.4 Å². The molecule has 54 valence electrons. The second-order valence-electron chi connectivity index (χ2n) is 1.84. The van der Waals surface area contributed by atoms with Crippen LogP contribution in [0.1, 0.15) is 5.76 Å². The van der Waals surface area contributed by atoms with E-state index in [1.165, 1.54) is 0 Å². The summed E-state index contributed by atoms with van der Waals surface area (Å²) >= 11 is 6.49. The van der Waals surface area contributed by atoms with Crippen LogP contribution in [0.4, 0.5) is 0 Å². The average molecular weight is 266 g/mol. The molecule has 1 rings (SSSR count).